The number of hydrogen-bond acceptors (Lipinski definition) is 4. The molecule has 0 bridgehead atoms. The van der Waals surface area contributed by atoms with Crippen molar-refractivity contribution < 1.29 is 4.57 Å². The summed E-state index contributed by atoms with van der Waals surface area (Å²) in [6.45, 7) is 4.33. The number of para-hydroxylation sites is 1. The molecule has 0 aliphatic heterocycles. The predicted octanol–water partition coefficient (Wildman–Crippen LogP) is 3.95. The van der Waals surface area contributed by atoms with Crippen molar-refractivity contribution in [3.8, 4) is 0 Å². The minimum Gasteiger partial charge on any atom is -0.229 e. The monoisotopic (exact) mass is 293 g/mol. The third-order valence-electron chi connectivity index (χ3n) is 2.98. The molecule has 0 unspecified atom stereocenters. The molecule has 0 aliphatic rings. The van der Waals surface area contributed by atoms with Crippen molar-refractivity contribution in [1.29, 1.82) is 0 Å². The zero-order valence-electron chi connectivity index (χ0n) is 10.4. The van der Waals surface area contributed by atoms with Gasteiger partial charge in [-0.2, -0.15) is 4.57 Å². The number of fused-ring (bicyclic) bond motifs is 1. The average Bonchev–Trinajstić information content (AvgIpc) is 2.87. The van der Waals surface area contributed by atoms with Gasteiger partial charge in [-0.25, -0.2) is 4.98 Å². The third kappa shape index (κ3) is 2.06. The van der Waals surface area contributed by atoms with Gasteiger partial charge in [0.1, 0.15) is 7.05 Å². The maximum atomic E-state index is 4.66. The van der Waals surface area contributed by atoms with Crippen molar-refractivity contribution in [3.05, 3.63) is 34.8 Å². The van der Waals surface area contributed by atoms with Crippen LogP contribution in [0.4, 0.5) is 0 Å². The van der Waals surface area contributed by atoms with E-state index < -0.39 is 0 Å². The van der Waals surface area contributed by atoms with E-state index in [-0.39, 0.29) is 0 Å². The van der Waals surface area contributed by atoms with E-state index >= 15 is 0 Å². The van der Waals surface area contributed by atoms with Crippen LogP contribution in [0, 0.1) is 13.8 Å². The number of nitrogens with zero attached hydrogens (tertiary/aromatic N) is 2. The molecule has 0 N–H and O–H groups in total. The van der Waals surface area contributed by atoms with Crippen molar-refractivity contribution >= 4 is 44.7 Å². The van der Waals surface area contributed by atoms with E-state index in [0.29, 0.717) is 0 Å². The molecule has 0 amide bonds. The Morgan fingerprint density at radius 1 is 1.17 bits per heavy atom. The van der Waals surface area contributed by atoms with E-state index in [4.69, 9.17) is 0 Å². The molecule has 0 spiro atoms. The highest BCUT2D eigenvalue weighted by Crippen LogP contribution is 2.35. The van der Waals surface area contributed by atoms with Crippen LogP contribution in [0.25, 0.3) is 10.2 Å². The van der Waals surface area contributed by atoms with Crippen LogP contribution in [0.2, 0.25) is 0 Å². The maximum Gasteiger partial charge on any atom is 0.304 e. The number of hydrogen-bond donors (Lipinski definition) is 0. The summed E-state index contributed by atoms with van der Waals surface area (Å²) in [4.78, 5) is 6.04. The fraction of sp³-hybridized carbons (Fsp3) is 0.231. The number of benzene rings is 1. The van der Waals surface area contributed by atoms with E-state index in [0.717, 1.165) is 9.86 Å². The third-order valence-corrected chi connectivity index (χ3v) is 6.57. The molecule has 0 radical (unpaired) electrons. The summed E-state index contributed by atoms with van der Waals surface area (Å²) in [7, 11) is 2.12. The second-order valence-corrected chi connectivity index (χ2v) is 7.85. The van der Waals surface area contributed by atoms with Crippen molar-refractivity contribution in [2.24, 2.45) is 7.05 Å². The lowest BCUT2D eigenvalue weighted by Gasteiger charge is -1.89. The molecule has 3 aromatic rings. The molecule has 0 aliphatic carbocycles. The van der Waals surface area contributed by atoms with E-state index in [1.54, 1.807) is 23.1 Å². The Balaban J connectivity index is 1.98. The molecule has 18 heavy (non-hydrogen) atoms. The van der Waals surface area contributed by atoms with Crippen molar-refractivity contribution in [2.45, 2.75) is 22.5 Å². The second kappa shape index (κ2) is 4.64. The van der Waals surface area contributed by atoms with Gasteiger partial charge < -0.3 is 0 Å². The van der Waals surface area contributed by atoms with Gasteiger partial charge in [0, 0.05) is 18.7 Å². The topological polar surface area (TPSA) is 16.8 Å². The van der Waals surface area contributed by atoms with E-state index in [2.05, 4.69) is 48.6 Å². The van der Waals surface area contributed by atoms with Gasteiger partial charge in [-0.3, -0.25) is 0 Å². The molecule has 92 valence electrons. The van der Waals surface area contributed by atoms with Gasteiger partial charge in [-0.05, 0) is 19.1 Å². The summed E-state index contributed by atoms with van der Waals surface area (Å²) in [5.74, 6) is 0. The molecule has 2 nitrogen and oxygen atoms in total. The fourth-order valence-corrected chi connectivity index (χ4v) is 5.40. The maximum absolute atomic E-state index is 4.66. The lowest BCUT2D eigenvalue weighted by molar-refractivity contribution is -0.708. The minimum absolute atomic E-state index is 1.10. The fourth-order valence-electron chi connectivity index (χ4n) is 1.71. The Hall–Kier alpha value is -0.910. The summed E-state index contributed by atoms with van der Waals surface area (Å²) in [5, 5.41) is 0. The number of rotatable bonds is 2. The second-order valence-electron chi connectivity index (χ2n) is 4.12. The predicted molar refractivity (Wildman–Crippen MR) is 78.7 cm³/mol. The molecule has 1 aromatic carbocycles. The van der Waals surface area contributed by atoms with Gasteiger partial charge in [0.2, 0.25) is 0 Å². The van der Waals surface area contributed by atoms with E-state index in [9.17, 15) is 0 Å². The first kappa shape index (κ1) is 12.1. The number of thiazole rings is 2. The quantitative estimate of drug-likeness (QED) is 0.665. The van der Waals surface area contributed by atoms with Gasteiger partial charge >= 0.3 is 4.34 Å². The van der Waals surface area contributed by atoms with Crippen molar-refractivity contribution in [3.63, 3.8) is 0 Å². The lowest BCUT2D eigenvalue weighted by atomic mass is 10.3. The Bertz CT molecular complexity index is 679. The first-order valence-corrected chi connectivity index (χ1v) is 8.09. The molecule has 3 rings (SSSR count). The SMILES string of the molecule is Cc1sc(Sc2nc3ccccc3s2)[n+](C)c1C. The van der Waals surface area contributed by atoms with Crippen molar-refractivity contribution in [1.82, 2.24) is 4.98 Å². The summed E-state index contributed by atoms with van der Waals surface area (Å²) < 4.78 is 5.92. The average molecular weight is 293 g/mol. The van der Waals surface area contributed by atoms with Crippen LogP contribution in [0.1, 0.15) is 10.6 Å². The van der Waals surface area contributed by atoms with Crippen LogP contribution in [-0.4, -0.2) is 4.98 Å². The van der Waals surface area contributed by atoms with E-state index in [1.807, 2.05) is 17.4 Å². The normalized spacial score (nSPS) is 11.3. The van der Waals surface area contributed by atoms with Crippen LogP contribution < -0.4 is 4.57 Å². The van der Waals surface area contributed by atoms with Gasteiger partial charge in [-0.1, -0.05) is 23.5 Å². The molecule has 0 saturated carbocycles. The summed E-state index contributed by atoms with van der Waals surface area (Å²) in [6.07, 6.45) is 0. The highest BCUT2D eigenvalue weighted by molar-refractivity contribution is 8.02. The molecule has 0 atom stereocenters. The molecule has 2 aromatic heterocycles. The highest BCUT2D eigenvalue weighted by Gasteiger charge is 2.19. The highest BCUT2D eigenvalue weighted by atomic mass is 32.2. The van der Waals surface area contributed by atoms with Crippen LogP contribution in [0.3, 0.4) is 0 Å². The summed E-state index contributed by atoms with van der Waals surface area (Å²) in [6, 6.07) is 8.30. The van der Waals surface area contributed by atoms with Crippen LogP contribution in [-0.2, 0) is 7.05 Å². The summed E-state index contributed by atoms with van der Waals surface area (Å²) >= 11 is 5.36. The van der Waals surface area contributed by atoms with Crippen LogP contribution >= 0.6 is 34.4 Å². The Morgan fingerprint density at radius 3 is 2.61 bits per heavy atom. The standard InChI is InChI=1S/C13H13N2S3/c1-8-9(2)16-13(15(8)3)18-12-14-10-6-4-5-7-11(10)17-12/h4-7H,1-3H3/q+1. The molecule has 5 heteroatoms. The molecular formula is C13H13N2S3+. The Morgan fingerprint density at radius 2 is 1.94 bits per heavy atom. The van der Waals surface area contributed by atoms with Gasteiger partial charge in [0.05, 0.1) is 15.1 Å². The first-order chi connectivity index (χ1) is 8.65. The summed E-state index contributed by atoms with van der Waals surface area (Å²) in [5.41, 5.74) is 2.43. The zero-order chi connectivity index (χ0) is 12.7. The Labute approximate surface area is 118 Å². The number of aryl methyl sites for hydroxylation is 1. The number of aromatic nitrogens is 2. The molecule has 0 fully saturated rings. The van der Waals surface area contributed by atoms with Crippen LogP contribution in [0.5, 0.6) is 0 Å². The molecule has 2 heterocycles. The van der Waals surface area contributed by atoms with Gasteiger partial charge in [0.15, 0.2) is 10.0 Å². The van der Waals surface area contributed by atoms with Crippen LogP contribution in [0.15, 0.2) is 32.9 Å². The Kier molecular flexibility index (Phi) is 3.13. The van der Waals surface area contributed by atoms with Crippen molar-refractivity contribution in [2.75, 3.05) is 0 Å². The lowest BCUT2D eigenvalue weighted by Crippen LogP contribution is -2.31. The first-order valence-electron chi connectivity index (χ1n) is 5.64. The zero-order valence-corrected chi connectivity index (χ0v) is 12.9. The largest absolute Gasteiger partial charge is 0.304 e. The smallest absolute Gasteiger partial charge is 0.229 e. The van der Waals surface area contributed by atoms with E-state index in [1.165, 1.54) is 19.6 Å². The molecular weight excluding hydrogens is 280 g/mol. The molecule has 0 saturated heterocycles. The van der Waals surface area contributed by atoms with Gasteiger partial charge in [0.25, 0.3) is 0 Å². The van der Waals surface area contributed by atoms with Gasteiger partial charge in [-0.15, -0.1) is 11.3 Å². The minimum atomic E-state index is 1.10.